The monoisotopic (exact) mass is 781 g/mol. The second-order valence-electron chi connectivity index (χ2n) is 18.4. The largest absolute Gasteiger partial charge is 0.457 e. The normalized spacial score (nSPS) is 15.7. The fraction of sp³-hybridized carbons (Fsp3) is 0.119. The molecule has 1 aliphatic heterocycles. The molecule has 0 N–H and O–H groups in total. The average molecular weight is 782 g/mol. The summed E-state index contributed by atoms with van der Waals surface area (Å²) in [5.74, 6) is 1.80. The van der Waals surface area contributed by atoms with Crippen molar-refractivity contribution in [1.82, 2.24) is 0 Å². The molecule has 0 bridgehead atoms. The predicted molar refractivity (Wildman–Crippen MR) is 251 cm³/mol. The number of rotatable bonds is 3. The van der Waals surface area contributed by atoms with Gasteiger partial charge in [-0.25, -0.2) is 0 Å². The molecule has 2 nitrogen and oxygen atoms in total. The maximum Gasteiger partial charge on any atom is 0.132 e. The van der Waals surface area contributed by atoms with E-state index >= 15 is 0 Å². The van der Waals surface area contributed by atoms with Gasteiger partial charge >= 0.3 is 0 Å². The van der Waals surface area contributed by atoms with E-state index in [4.69, 9.17) is 4.74 Å². The molecule has 2 heteroatoms. The van der Waals surface area contributed by atoms with E-state index in [2.05, 4.69) is 221 Å². The molecule has 9 aromatic carbocycles. The van der Waals surface area contributed by atoms with Gasteiger partial charge in [-0.2, -0.15) is 0 Å². The van der Waals surface area contributed by atoms with Crippen LogP contribution in [0.2, 0.25) is 0 Å². The van der Waals surface area contributed by atoms with Crippen molar-refractivity contribution in [1.29, 1.82) is 0 Å². The van der Waals surface area contributed by atoms with Gasteiger partial charge in [0.15, 0.2) is 0 Å². The second kappa shape index (κ2) is 12.0. The maximum absolute atomic E-state index is 6.69. The van der Waals surface area contributed by atoms with Gasteiger partial charge in [-0.15, -0.1) is 0 Å². The summed E-state index contributed by atoms with van der Waals surface area (Å²) in [6.07, 6.45) is 0. The average Bonchev–Trinajstić information content (AvgIpc) is 3.80. The minimum Gasteiger partial charge on any atom is -0.457 e. The lowest BCUT2D eigenvalue weighted by molar-refractivity contribution is 0.436. The SMILES string of the molecule is CC1(C)c2ccccc2-c2cc3c(cc21)-c1c(cc(N(c2ccccc2)c2ccc4c(c2)C2(c5ccccc5Oc5ccccc52)c2ccccc2-4)c2ccccc12)C3(C)C. The van der Waals surface area contributed by atoms with Crippen molar-refractivity contribution in [2.75, 3.05) is 4.90 Å². The third-order valence-corrected chi connectivity index (χ3v) is 14.7. The highest BCUT2D eigenvalue weighted by atomic mass is 16.5. The number of hydrogen-bond donors (Lipinski definition) is 0. The van der Waals surface area contributed by atoms with Crippen LogP contribution in [0.4, 0.5) is 17.1 Å². The number of fused-ring (bicyclic) bond motifs is 17. The second-order valence-corrected chi connectivity index (χ2v) is 18.4. The highest BCUT2D eigenvalue weighted by Gasteiger charge is 2.51. The third-order valence-electron chi connectivity index (χ3n) is 14.7. The number of benzene rings is 9. The summed E-state index contributed by atoms with van der Waals surface area (Å²) in [5, 5.41) is 2.52. The van der Waals surface area contributed by atoms with E-state index in [-0.39, 0.29) is 10.8 Å². The Morgan fingerprint density at radius 1 is 0.344 bits per heavy atom. The first-order valence-electron chi connectivity index (χ1n) is 21.6. The van der Waals surface area contributed by atoms with Gasteiger partial charge in [0.25, 0.3) is 0 Å². The van der Waals surface area contributed by atoms with E-state index in [1.165, 1.54) is 94.3 Å². The molecule has 1 heterocycles. The van der Waals surface area contributed by atoms with Crippen LogP contribution in [0.15, 0.2) is 188 Å². The fourth-order valence-corrected chi connectivity index (χ4v) is 11.9. The number of para-hydroxylation sites is 3. The van der Waals surface area contributed by atoms with E-state index in [0.29, 0.717) is 0 Å². The van der Waals surface area contributed by atoms with Gasteiger partial charge in [-0.1, -0.05) is 161 Å². The van der Waals surface area contributed by atoms with Crippen LogP contribution in [0.5, 0.6) is 11.5 Å². The predicted octanol–water partition coefficient (Wildman–Crippen LogP) is 15.4. The van der Waals surface area contributed by atoms with Crippen molar-refractivity contribution >= 4 is 27.8 Å². The van der Waals surface area contributed by atoms with Crippen molar-refractivity contribution in [2.24, 2.45) is 0 Å². The lowest BCUT2D eigenvalue weighted by Gasteiger charge is -2.39. The Balaban J connectivity index is 1.08. The minimum absolute atomic E-state index is 0.0796. The van der Waals surface area contributed by atoms with Crippen LogP contribution in [0.25, 0.3) is 44.2 Å². The summed E-state index contributed by atoms with van der Waals surface area (Å²) in [6.45, 7) is 9.64. The lowest BCUT2D eigenvalue weighted by atomic mass is 9.66. The first-order valence-corrected chi connectivity index (χ1v) is 21.6. The highest BCUT2D eigenvalue weighted by molar-refractivity contribution is 6.10. The number of anilines is 3. The molecule has 0 amide bonds. The molecule has 0 fully saturated rings. The first-order chi connectivity index (χ1) is 29.8. The Bertz CT molecular complexity index is 3310. The number of nitrogens with zero attached hydrogens (tertiary/aromatic N) is 1. The quantitative estimate of drug-likeness (QED) is 0.177. The lowest BCUT2D eigenvalue weighted by Crippen LogP contribution is -2.32. The molecule has 0 unspecified atom stereocenters. The van der Waals surface area contributed by atoms with Gasteiger partial charge in [-0.05, 0) is 127 Å². The van der Waals surface area contributed by atoms with Gasteiger partial charge in [0, 0.05) is 38.7 Å². The van der Waals surface area contributed by atoms with Gasteiger partial charge in [-0.3, -0.25) is 0 Å². The van der Waals surface area contributed by atoms with Crippen LogP contribution in [-0.4, -0.2) is 0 Å². The molecule has 0 radical (unpaired) electrons. The Morgan fingerprint density at radius 3 is 1.59 bits per heavy atom. The Morgan fingerprint density at radius 2 is 0.869 bits per heavy atom. The van der Waals surface area contributed by atoms with Crippen molar-refractivity contribution in [2.45, 2.75) is 43.9 Å². The molecule has 13 rings (SSSR count). The molecule has 3 aliphatic carbocycles. The molecule has 0 saturated carbocycles. The van der Waals surface area contributed by atoms with Crippen molar-refractivity contribution in [3.8, 4) is 44.9 Å². The minimum atomic E-state index is -0.563. The van der Waals surface area contributed by atoms with E-state index in [1.807, 2.05) is 0 Å². The zero-order valence-electron chi connectivity index (χ0n) is 34.8. The molecule has 4 aliphatic rings. The fourth-order valence-electron chi connectivity index (χ4n) is 11.9. The Kier molecular flexibility index (Phi) is 6.81. The van der Waals surface area contributed by atoms with Crippen LogP contribution in [-0.2, 0) is 16.2 Å². The molecule has 290 valence electrons. The summed E-state index contributed by atoms with van der Waals surface area (Å²) in [4.78, 5) is 2.51. The van der Waals surface area contributed by atoms with Crippen LogP contribution in [0.1, 0.15) is 72.2 Å². The zero-order chi connectivity index (χ0) is 40.8. The molecular formula is C59H43NO. The van der Waals surface area contributed by atoms with E-state index in [1.54, 1.807) is 0 Å². The van der Waals surface area contributed by atoms with E-state index in [0.717, 1.165) is 22.9 Å². The summed E-state index contributed by atoms with van der Waals surface area (Å²) < 4.78 is 6.69. The highest BCUT2D eigenvalue weighted by Crippen LogP contribution is 2.63. The van der Waals surface area contributed by atoms with Gasteiger partial charge in [0.1, 0.15) is 11.5 Å². The molecule has 0 atom stereocenters. The van der Waals surface area contributed by atoms with Crippen LogP contribution in [0.3, 0.4) is 0 Å². The van der Waals surface area contributed by atoms with Crippen molar-refractivity contribution < 1.29 is 4.74 Å². The van der Waals surface area contributed by atoms with Gasteiger partial charge < -0.3 is 9.64 Å². The van der Waals surface area contributed by atoms with Crippen molar-refractivity contribution in [3.63, 3.8) is 0 Å². The number of hydrogen-bond acceptors (Lipinski definition) is 2. The topological polar surface area (TPSA) is 12.5 Å². The number of ether oxygens (including phenoxy) is 1. The van der Waals surface area contributed by atoms with Gasteiger partial charge in [0.2, 0.25) is 0 Å². The van der Waals surface area contributed by atoms with Gasteiger partial charge in [0.05, 0.1) is 11.1 Å². The summed E-state index contributed by atoms with van der Waals surface area (Å²) in [7, 11) is 0. The molecule has 61 heavy (non-hydrogen) atoms. The third kappa shape index (κ3) is 4.37. The first kappa shape index (κ1) is 34.7. The molecule has 1 spiro atoms. The van der Waals surface area contributed by atoms with Crippen molar-refractivity contribution in [3.05, 3.63) is 233 Å². The van der Waals surface area contributed by atoms with Crippen LogP contribution >= 0.6 is 0 Å². The summed E-state index contributed by atoms with van der Waals surface area (Å²) in [5.41, 5.74) is 21.0. The standard InChI is InChI=1S/C59H43NO/c1-57(2)45-24-12-10-21-39(45)43-33-50-44(34-49(43)57)56-42-23-9-8-22-41(42)53(35-52(56)58(50,3)4)60(36-18-6-5-7-19-36)37-30-31-40-38-20-11-13-25-46(38)59(51(40)32-37)47-26-14-16-28-54(47)61-55-29-17-15-27-48(55)59/h5-35H,1-4H3. The van der Waals surface area contributed by atoms with E-state index in [9.17, 15) is 0 Å². The maximum atomic E-state index is 6.69. The van der Waals surface area contributed by atoms with Crippen LogP contribution in [0, 0.1) is 0 Å². The zero-order valence-corrected chi connectivity index (χ0v) is 34.8. The Labute approximate surface area is 357 Å². The summed E-state index contributed by atoms with van der Waals surface area (Å²) in [6, 6.07) is 70.1. The summed E-state index contributed by atoms with van der Waals surface area (Å²) >= 11 is 0. The molecule has 9 aromatic rings. The Hall–Kier alpha value is -7.16. The molecule has 0 saturated heterocycles. The smallest absolute Gasteiger partial charge is 0.132 e. The van der Waals surface area contributed by atoms with E-state index < -0.39 is 5.41 Å². The van der Waals surface area contributed by atoms with Crippen LogP contribution < -0.4 is 9.64 Å². The molecular weight excluding hydrogens is 739 g/mol. The molecule has 0 aromatic heterocycles.